The lowest BCUT2D eigenvalue weighted by Gasteiger charge is -2.13. The van der Waals surface area contributed by atoms with Gasteiger partial charge in [0, 0.05) is 17.2 Å². The van der Waals surface area contributed by atoms with Gasteiger partial charge in [0.25, 0.3) is 0 Å². The van der Waals surface area contributed by atoms with Crippen molar-refractivity contribution in [2.75, 3.05) is 13.2 Å². The molecule has 0 aliphatic carbocycles. The van der Waals surface area contributed by atoms with Gasteiger partial charge in [0.15, 0.2) is 6.10 Å². The molecule has 0 bridgehead atoms. The molecule has 0 aromatic heterocycles. The third-order valence-electron chi connectivity index (χ3n) is 4.33. The van der Waals surface area contributed by atoms with Crippen molar-refractivity contribution in [3.8, 4) is 5.75 Å². The largest absolute Gasteiger partial charge is 0.491 e. The number of ether oxygens (including phenoxy) is 3. The zero-order valence-electron chi connectivity index (χ0n) is 15.0. The summed E-state index contributed by atoms with van der Waals surface area (Å²) in [5.74, 6) is -0.181. The van der Waals surface area contributed by atoms with Crippen LogP contribution in [0.1, 0.15) is 40.5 Å². The minimum atomic E-state index is -0.894. The van der Waals surface area contributed by atoms with E-state index < -0.39 is 12.1 Å². The topological polar surface area (TPSA) is 61.8 Å². The Hall–Kier alpha value is -2.37. The van der Waals surface area contributed by atoms with E-state index in [0.717, 1.165) is 19.4 Å². The first-order chi connectivity index (χ1) is 13.0. The summed E-state index contributed by atoms with van der Waals surface area (Å²) >= 11 is 5.82. The monoisotopic (exact) mass is 388 g/mol. The molecule has 0 unspecified atom stereocenters. The molecule has 2 aromatic carbocycles. The minimum Gasteiger partial charge on any atom is -0.491 e. The molecule has 1 heterocycles. The van der Waals surface area contributed by atoms with Gasteiger partial charge in [-0.25, -0.2) is 4.79 Å². The van der Waals surface area contributed by atoms with E-state index in [0.29, 0.717) is 28.5 Å². The Labute approximate surface area is 163 Å². The van der Waals surface area contributed by atoms with E-state index in [1.165, 1.54) is 0 Å². The van der Waals surface area contributed by atoms with Crippen LogP contribution < -0.4 is 4.74 Å². The van der Waals surface area contributed by atoms with Crippen molar-refractivity contribution in [1.82, 2.24) is 0 Å². The van der Waals surface area contributed by atoms with Crippen molar-refractivity contribution in [1.29, 1.82) is 0 Å². The molecule has 142 valence electrons. The van der Waals surface area contributed by atoms with Gasteiger partial charge >= 0.3 is 5.97 Å². The molecule has 1 aliphatic heterocycles. The Morgan fingerprint density at radius 3 is 2.41 bits per heavy atom. The highest BCUT2D eigenvalue weighted by atomic mass is 35.5. The molecule has 0 N–H and O–H groups in total. The zero-order chi connectivity index (χ0) is 19.2. The molecule has 0 spiro atoms. The first kappa shape index (κ1) is 19.4. The molecular formula is C21H21ClO5. The molecule has 2 aromatic rings. The van der Waals surface area contributed by atoms with Gasteiger partial charge in [-0.3, -0.25) is 4.79 Å². The minimum absolute atomic E-state index is 0.134. The highest BCUT2D eigenvalue weighted by Crippen LogP contribution is 2.18. The van der Waals surface area contributed by atoms with Gasteiger partial charge in [0.1, 0.15) is 12.4 Å². The maximum Gasteiger partial charge on any atom is 0.338 e. The lowest BCUT2D eigenvalue weighted by atomic mass is 10.1. The molecule has 5 nitrogen and oxygen atoms in total. The fraction of sp³-hybridized carbons (Fsp3) is 0.333. The van der Waals surface area contributed by atoms with Crippen LogP contribution in [0.5, 0.6) is 5.75 Å². The second kappa shape index (κ2) is 9.02. The summed E-state index contributed by atoms with van der Waals surface area (Å²) in [4.78, 5) is 24.6. The number of carbonyl (C=O) groups is 2. The van der Waals surface area contributed by atoms with E-state index >= 15 is 0 Å². The predicted octanol–water partition coefficient (Wildman–Crippen LogP) is 4.33. The van der Waals surface area contributed by atoms with E-state index in [-0.39, 0.29) is 11.9 Å². The van der Waals surface area contributed by atoms with Crippen molar-refractivity contribution in [3.63, 3.8) is 0 Å². The lowest BCUT2D eigenvalue weighted by molar-refractivity contribution is 0.0318. The van der Waals surface area contributed by atoms with Crippen LogP contribution >= 0.6 is 11.6 Å². The van der Waals surface area contributed by atoms with Gasteiger partial charge in [0.05, 0.1) is 11.7 Å². The first-order valence-electron chi connectivity index (χ1n) is 8.88. The van der Waals surface area contributed by atoms with Crippen molar-refractivity contribution < 1.29 is 23.8 Å². The third kappa shape index (κ3) is 5.31. The van der Waals surface area contributed by atoms with Gasteiger partial charge in [-0.05, 0) is 68.3 Å². The fourth-order valence-electron chi connectivity index (χ4n) is 2.78. The van der Waals surface area contributed by atoms with E-state index in [4.69, 9.17) is 25.8 Å². The molecular weight excluding hydrogens is 368 g/mol. The average Bonchev–Trinajstić information content (AvgIpc) is 3.20. The van der Waals surface area contributed by atoms with Gasteiger partial charge in [-0.1, -0.05) is 11.6 Å². The number of benzene rings is 2. The molecule has 1 aliphatic rings. The molecule has 0 radical (unpaired) electrons. The maximum absolute atomic E-state index is 12.3. The van der Waals surface area contributed by atoms with Crippen molar-refractivity contribution in [2.24, 2.45) is 0 Å². The summed E-state index contributed by atoms with van der Waals surface area (Å²) in [5, 5.41) is 0.540. The normalized spacial score (nSPS) is 17.3. The number of rotatable bonds is 7. The highest BCUT2D eigenvalue weighted by Gasteiger charge is 2.21. The van der Waals surface area contributed by atoms with Crippen LogP contribution in [0.4, 0.5) is 0 Å². The molecule has 1 fully saturated rings. The Balaban J connectivity index is 1.53. The van der Waals surface area contributed by atoms with Crippen molar-refractivity contribution >= 4 is 23.4 Å². The van der Waals surface area contributed by atoms with Crippen molar-refractivity contribution in [3.05, 3.63) is 64.7 Å². The Morgan fingerprint density at radius 1 is 1.11 bits per heavy atom. The van der Waals surface area contributed by atoms with Crippen LogP contribution in [-0.2, 0) is 9.47 Å². The number of hydrogen-bond donors (Lipinski definition) is 0. The zero-order valence-corrected chi connectivity index (χ0v) is 15.8. The fourth-order valence-corrected chi connectivity index (χ4v) is 2.91. The van der Waals surface area contributed by atoms with Crippen LogP contribution in [0.2, 0.25) is 5.02 Å². The average molecular weight is 389 g/mol. The van der Waals surface area contributed by atoms with E-state index in [9.17, 15) is 9.59 Å². The lowest BCUT2D eigenvalue weighted by Crippen LogP contribution is -2.24. The van der Waals surface area contributed by atoms with Crippen LogP contribution in [-0.4, -0.2) is 37.2 Å². The maximum atomic E-state index is 12.3. The summed E-state index contributed by atoms with van der Waals surface area (Å²) in [6, 6.07) is 13.1. The van der Waals surface area contributed by atoms with E-state index in [1.807, 2.05) is 0 Å². The number of carbonyl (C=O) groups excluding carboxylic acids is 2. The quantitative estimate of drug-likeness (QED) is 0.522. The van der Waals surface area contributed by atoms with Crippen LogP contribution in [0, 0.1) is 0 Å². The summed E-state index contributed by atoms with van der Waals surface area (Å²) in [6.45, 7) is 2.83. The standard InChI is InChI=1S/C21H21ClO5/c1-14(20(23)15-4-8-17(22)9-5-15)27-21(24)16-6-10-18(11-7-16)26-13-19-3-2-12-25-19/h4-11,14,19H,2-3,12-13H2,1H3/t14-,19+/m1/s1. The predicted molar refractivity (Wildman–Crippen MR) is 102 cm³/mol. The van der Waals surface area contributed by atoms with Gasteiger partial charge in [-0.2, -0.15) is 0 Å². The van der Waals surface area contributed by atoms with Crippen molar-refractivity contribution in [2.45, 2.75) is 32.0 Å². The van der Waals surface area contributed by atoms with Gasteiger partial charge < -0.3 is 14.2 Å². The number of ketones is 1. The molecule has 0 saturated carbocycles. The molecule has 0 amide bonds. The molecule has 6 heteroatoms. The van der Waals surface area contributed by atoms with Crippen LogP contribution in [0.15, 0.2) is 48.5 Å². The second-order valence-electron chi connectivity index (χ2n) is 6.39. The molecule has 3 rings (SSSR count). The third-order valence-corrected chi connectivity index (χ3v) is 4.58. The second-order valence-corrected chi connectivity index (χ2v) is 6.83. The molecule has 1 saturated heterocycles. The Bertz CT molecular complexity index is 779. The van der Waals surface area contributed by atoms with Crippen LogP contribution in [0.25, 0.3) is 0 Å². The number of esters is 1. The first-order valence-corrected chi connectivity index (χ1v) is 9.26. The smallest absolute Gasteiger partial charge is 0.338 e. The Kier molecular flexibility index (Phi) is 6.48. The summed E-state index contributed by atoms with van der Waals surface area (Å²) in [7, 11) is 0. The number of halogens is 1. The number of Topliss-reactive ketones (excluding diaryl/α,β-unsaturated/α-hetero) is 1. The van der Waals surface area contributed by atoms with E-state index in [1.54, 1.807) is 55.5 Å². The summed E-state index contributed by atoms with van der Waals surface area (Å²) in [5.41, 5.74) is 0.799. The van der Waals surface area contributed by atoms with Gasteiger partial charge in [0.2, 0.25) is 5.78 Å². The number of hydrogen-bond acceptors (Lipinski definition) is 5. The van der Waals surface area contributed by atoms with Crippen LogP contribution in [0.3, 0.4) is 0 Å². The molecule has 27 heavy (non-hydrogen) atoms. The Morgan fingerprint density at radius 2 is 1.78 bits per heavy atom. The molecule has 2 atom stereocenters. The highest BCUT2D eigenvalue weighted by molar-refractivity contribution is 6.30. The summed E-state index contributed by atoms with van der Waals surface area (Å²) < 4.78 is 16.5. The van der Waals surface area contributed by atoms with Gasteiger partial charge in [-0.15, -0.1) is 0 Å². The van der Waals surface area contributed by atoms with E-state index in [2.05, 4.69) is 0 Å². The summed E-state index contributed by atoms with van der Waals surface area (Å²) in [6.07, 6.45) is 1.30. The SMILES string of the molecule is C[C@@H](OC(=O)c1ccc(OC[C@@H]2CCCO2)cc1)C(=O)c1ccc(Cl)cc1.